The Hall–Kier alpha value is -0.975. The normalized spacial score (nSPS) is 12.5. The summed E-state index contributed by atoms with van der Waals surface area (Å²) in [6.45, 7) is 11.4. The standard InChI is InChI=1S/C17H27B/c1-6-9-12(4)15(8-3)17-13(5)16(18)11-10-14(17)7-2/h10-11H,6-9,18H2,1-5H3/b15-12+. The molecule has 0 spiro atoms. The Morgan fingerprint density at radius 1 is 1.17 bits per heavy atom. The average molecular weight is 242 g/mol. The third-order valence-corrected chi connectivity index (χ3v) is 4.00. The maximum Gasteiger partial charge on any atom is 0.139 e. The SMILES string of the molecule is Bc1ccc(CC)c(/C(CC)=C(\C)CCC)c1C. The molecule has 0 bridgehead atoms. The second kappa shape index (κ2) is 6.82. The lowest BCUT2D eigenvalue weighted by molar-refractivity contribution is 0.900. The van der Waals surface area contributed by atoms with Crippen molar-refractivity contribution in [2.45, 2.75) is 60.3 Å². The summed E-state index contributed by atoms with van der Waals surface area (Å²) in [6.07, 6.45) is 4.73. The van der Waals surface area contributed by atoms with E-state index in [2.05, 4.69) is 54.6 Å². The zero-order valence-corrected chi connectivity index (χ0v) is 13.0. The summed E-state index contributed by atoms with van der Waals surface area (Å²) in [5, 5.41) is 0. The van der Waals surface area contributed by atoms with Crippen LogP contribution in [0.5, 0.6) is 0 Å². The van der Waals surface area contributed by atoms with Crippen molar-refractivity contribution >= 4 is 18.9 Å². The maximum absolute atomic E-state index is 2.31. The zero-order valence-electron chi connectivity index (χ0n) is 13.0. The first-order valence-corrected chi connectivity index (χ1v) is 7.34. The summed E-state index contributed by atoms with van der Waals surface area (Å²) in [7, 11) is 2.22. The molecule has 0 fully saturated rings. The van der Waals surface area contributed by atoms with Gasteiger partial charge in [0.2, 0.25) is 0 Å². The van der Waals surface area contributed by atoms with E-state index in [-0.39, 0.29) is 0 Å². The van der Waals surface area contributed by atoms with E-state index in [0.29, 0.717) is 0 Å². The Labute approximate surface area is 114 Å². The average Bonchev–Trinajstić information content (AvgIpc) is 2.36. The summed E-state index contributed by atoms with van der Waals surface area (Å²) in [5.41, 5.74) is 9.08. The minimum absolute atomic E-state index is 1.12. The topological polar surface area (TPSA) is 0 Å². The molecule has 18 heavy (non-hydrogen) atoms. The van der Waals surface area contributed by atoms with E-state index in [4.69, 9.17) is 0 Å². The predicted octanol–water partition coefficient (Wildman–Crippen LogP) is 3.80. The lowest BCUT2D eigenvalue weighted by Gasteiger charge is -2.19. The van der Waals surface area contributed by atoms with E-state index >= 15 is 0 Å². The third kappa shape index (κ3) is 3.07. The van der Waals surface area contributed by atoms with Gasteiger partial charge in [0.25, 0.3) is 0 Å². The first-order valence-electron chi connectivity index (χ1n) is 7.34. The highest BCUT2D eigenvalue weighted by Gasteiger charge is 2.12. The minimum atomic E-state index is 1.12. The van der Waals surface area contributed by atoms with Crippen molar-refractivity contribution in [3.05, 3.63) is 34.4 Å². The number of aryl methyl sites for hydroxylation is 1. The van der Waals surface area contributed by atoms with Gasteiger partial charge in [0.1, 0.15) is 7.85 Å². The van der Waals surface area contributed by atoms with Crippen LogP contribution >= 0.6 is 0 Å². The van der Waals surface area contributed by atoms with Gasteiger partial charge in [-0.15, -0.1) is 0 Å². The smallest absolute Gasteiger partial charge is 0.0855 e. The van der Waals surface area contributed by atoms with Crippen LogP contribution in [0.25, 0.3) is 5.57 Å². The van der Waals surface area contributed by atoms with Gasteiger partial charge in [-0.2, -0.15) is 0 Å². The number of hydrogen-bond donors (Lipinski definition) is 0. The van der Waals surface area contributed by atoms with E-state index < -0.39 is 0 Å². The molecule has 1 heteroatoms. The van der Waals surface area contributed by atoms with Crippen molar-refractivity contribution < 1.29 is 0 Å². The number of hydrogen-bond acceptors (Lipinski definition) is 0. The highest BCUT2D eigenvalue weighted by Crippen LogP contribution is 2.29. The fraction of sp³-hybridized carbons (Fsp3) is 0.529. The van der Waals surface area contributed by atoms with Crippen LogP contribution in [0, 0.1) is 6.92 Å². The van der Waals surface area contributed by atoms with Gasteiger partial charge < -0.3 is 0 Å². The van der Waals surface area contributed by atoms with E-state index in [9.17, 15) is 0 Å². The van der Waals surface area contributed by atoms with Crippen molar-refractivity contribution in [1.82, 2.24) is 0 Å². The molecule has 0 aliphatic rings. The molecule has 0 radical (unpaired) electrons. The Morgan fingerprint density at radius 2 is 1.83 bits per heavy atom. The van der Waals surface area contributed by atoms with E-state index in [1.165, 1.54) is 35.0 Å². The highest BCUT2D eigenvalue weighted by molar-refractivity contribution is 6.33. The summed E-state index contributed by atoms with van der Waals surface area (Å²) in [4.78, 5) is 0. The molecule has 0 saturated carbocycles. The van der Waals surface area contributed by atoms with E-state index in [1.54, 1.807) is 11.1 Å². The Balaban J connectivity index is 3.45. The van der Waals surface area contributed by atoms with Crippen LogP contribution in [0.3, 0.4) is 0 Å². The van der Waals surface area contributed by atoms with Crippen molar-refractivity contribution in [3.8, 4) is 0 Å². The lowest BCUT2D eigenvalue weighted by atomic mass is 9.81. The molecule has 0 aromatic heterocycles. The predicted molar refractivity (Wildman–Crippen MR) is 86.5 cm³/mol. The molecule has 0 nitrogen and oxygen atoms in total. The minimum Gasteiger partial charge on any atom is -0.0855 e. The summed E-state index contributed by atoms with van der Waals surface area (Å²) >= 11 is 0. The van der Waals surface area contributed by atoms with Crippen molar-refractivity contribution in [2.24, 2.45) is 0 Å². The fourth-order valence-electron chi connectivity index (χ4n) is 2.80. The van der Waals surface area contributed by atoms with Gasteiger partial charge in [0.15, 0.2) is 0 Å². The van der Waals surface area contributed by atoms with Crippen molar-refractivity contribution in [2.75, 3.05) is 0 Å². The number of benzene rings is 1. The molecule has 1 aromatic carbocycles. The van der Waals surface area contributed by atoms with Crippen LogP contribution in [0.15, 0.2) is 17.7 Å². The van der Waals surface area contributed by atoms with Gasteiger partial charge in [-0.05, 0) is 55.4 Å². The van der Waals surface area contributed by atoms with Gasteiger partial charge in [0, 0.05) is 0 Å². The van der Waals surface area contributed by atoms with Gasteiger partial charge >= 0.3 is 0 Å². The molecule has 0 amide bonds. The summed E-state index contributed by atoms with van der Waals surface area (Å²) < 4.78 is 0. The van der Waals surface area contributed by atoms with Crippen LogP contribution in [-0.2, 0) is 6.42 Å². The van der Waals surface area contributed by atoms with Crippen LogP contribution in [0.4, 0.5) is 0 Å². The molecule has 0 saturated heterocycles. The molecule has 0 heterocycles. The number of rotatable bonds is 5. The third-order valence-electron chi connectivity index (χ3n) is 4.00. The second-order valence-corrected chi connectivity index (χ2v) is 5.26. The first kappa shape index (κ1) is 15.1. The molecular formula is C17H27B. The van der Waals surface area contributed by atoms with Crippen LogP contribution < -0.4 is 5.46 Å². The molecule has 0 N–H and O–H groups in total. The molecule has 98 valence electrons. The first-order chi connectivity index (χ1) is 8.56. The lowest BCUT2D eigenvalue weighted by Crippen LogP contribution is -2.12. The summed E-state index contributed by atoms with van der Waals surface area (Å²) in [6, 6.07) is 4.58. The van der Waals surface area contributed by atoms with Gasteiger partial charge in [-0.3, -0.25) is 0 Å². The zero-order chi connectivity index (χ0) is 13.7. The van der Waals surface area contributed by atoms with Crippen molar-refractivity contribution in [3.63, 3.8) is 0 Å². The van der Waals surface area contributed by atoms with Crippen LogP contribution in [0.1, 0.15) is 63.6 Å². The Kier molecular flexibility index (Phi) is 5.72. The molecular weight excluding hydrogens is 215 g/mol. The van der Waals surface area contributed by atoms with E-state index in [0.717, 1.165) is 12.8 Å². The van der Waals surface area contributed by atoms with E-state index in [1.807, 2.05) is 0 Å². The van der Waals surface area contributed by atoms with Gasteiger partial charge in [0.05, 0.1) is 0 Å². The second-order valence-electron chi connectivity index (χ2n) is 5.26. The Bertz CT molecular complexity index is 441. The van der Waals surface area contributed by atoms with Crippen LogP contribution in [-0.4, -0.2) is 7.85 Å². The molecule has 0 aliphatic carbocycles. The largest absolute Gasteiger partial charge is 0.139 e. The molecule has 1 aromatic rings. The highest BCUT2D eigenvalue weighted by atomic mass is 14.2. The number of allylic oxidation sites excluding steroid dienone is 2. The molecule has 1 rings (SSSR count). The fourth-order valence-corrected chi connectivity index (χ4v) is 2.80. The molecule has 0 unspecified atom stereocenters. The van der Waals surface area contributed by atoms with Gasteiger partial charge in [-0.1, -0.05) is 50.4 Å². The monoisotopic (exact) mass is 242 g/mol. The van der Waals surface area contributed by atoms with Crippen molar-refractivity contribution in [1.29, 1.82) is 0 Å². The van der Waals surface area contributed by atoms with Crippen LogP contribution in [0.2, 0.25) is 0 Å². The Morgan fingerprint density at radius 3 is 2.33 bits per heavy atom. The molecule has 0 atom stereocenters. The quantitative estimate of drug-likeness (QED) is 0.689. The maximum atomic E-state index is 2.31. The van der Waals surface area contributed by atoms with Gasteiger partial charge in [-0.25, -0.2) is 0 Å². The summed E-state index contributed by atoms with van der Waals surface area (Å²) in [5.74, 6) is 0. The molecule has 0 aliphatic heterocycles.